The van der Waals surface area contributed by atoms with E-state index in [1.165, 1.54) is 0 Å². The minimum atomic E-state index is -1.04. The average molecular weight is 520 g/mol. The van der Waals surface area contributed by atoms with Crippen molar-refractivity contribution in [2.45, 2.75) is 85.5 Å². The molecule has 3 atom stereocenters. The number of amides is 3. The molecule has 2 aromatic carbocycles. The molecule has 0 saturated carbocycles. The van der Waals surface area contributed by atoms with E-state index in [0.29, 0.717) is 23.2 Å². The Morgan fingerprint density at radius 1 is 1.03 bits per heavy atom. The van der Waals surface area contributed by atoms with Gasteiger partial charge in [0.15, 0.2) is 0 Å². The van der Waals surface area contributed by atoms with E-state index >= 15 is 0 Å². The van der Waals surface area contributed by atoms with E-state index < -0.39 is 35.6 Å². The number of carbonyl (C=O) groups is 3. The van der Waals surface area contributed by atoms with Crippen LogP contribution in [0.25, 0.3) is 0 Å². The van der Waals surface area contributed by atoms with E-state index in [-0.39, 0.29) is 12.0 Å². The highest BCUT2D eigenvalue weighted by molar-refractivity contribution is 6.00. The largest absolute Gasteiger partial charge is 0.444 e. The summed E-state index contributed by atoms with van der Waals surface area (Å²) in [7, 11) is 0. The van der Waals surface area contributed by atoms with Gasteiger partial charge in [0.05, 0.1) is 0 Å². The second-order valence-electron chi connectivity index (χ2n) is 10.8. The van der Waals surface area contributed by atoms with Gasteiger partial charge in [-0.15, -0.1) is 6.42 Å². The van der Waals surface area contributed by atoms with Crippen LogP contribution in [-0.4, -0.2) is 40.5 Å². The van der Waals surface area contributed by atoms with Gasteiger partial charge in [0.2, 0.25) is 5.91 Å². The Morgan fingerprint density at radius 2 is 1.63 bits per heavy atom. The number of benzene rings is 2. The molecule has 2 N–H and O–H groups in total. The lowest BCUT2D eigenvalue weighted by Crippen LogP contribution is -2.56. The second kappa shape index (κ2) is 13.1. The summed E-state index contributed by atoms with van der Waals surface area (Å²) in [4.78, 5) is 42.5. The van der Waals surface area contributed by atoms with Gasteiger partial charge in [0.1, 0.15) is 17.7 Å². The molecule has 0 aliphatic rings. The van der Waals surface area contributed by atoms with Crippen LogP contribution < -0.4 is 10.6 Å². The Kier molecular flexibility index (Phi) is 10.5. The summed E-state index contributed by atoms with van der Waals surface area (Å²) in [5, 5.41) is 5.74. The maximum absolute atomic E-state index is 14.2. The molecule has 0 fully saturated rings. The number of hydrogen-bond donors (Lipinski definition) is 2. The molecule has 0 saturated heterocycles. The van der Waals surface area contributed by atoms with Crippen molar-refractivity contribution in [3.05, 3.63) is 65.2 Å². The molecule has 0 aromatic heterocycles. The third-order valence-electron chi connectivity index (χ3n) is 6.27. The lowest BCUT2D eigenvalue weighted by atomic mass is 9.94. The number of rotatable bonds is 9. The number of anilines is 1. The summed E-state index contributed by atoms with van der Waals surface area (Å²) >= 11 is 0. The van der Waals surface area contributed by atoms with Crippen LogP contribution in [0.4, 0.5) is 10.5 Å². The zero-order valence-electron chi connectivity index (χ0n) is 23.8. The molecule has 3 amide bonds. The summed E-state index contributed by atoms with van der Waals surface area (Å²) in [6.45, 7) is 14.7. The average Bonchev–Trinajstić information content (AvgIpc) is 2.85. The van der Waals surface area contributed by atoms with Crippen molar-refractivity contribution in [3.8, 4) is 12.3 Å². The number of nitrogens with one attached hydrogen (secondary N) is 2. The van der Waals surface area contributed by atoms with E-state index in [2.05, 4.69) is 16.6 Å². The van der Waals surface area contributed by atoms with Crippen LogP contribution in [0.2, 0.25) is 0 Å². The number of ether oxygens (including phenoxy) is 1. The summed E-state index contributed by atoms with van der Waals surface area (Å²) in [5.41, 5.74) is 1.85. The molecule has 3 unspecified atom stereocenters. The fraction of sp³-hybridized carbons (Fsp3) is 0.452. The number of terminal acetylenes is 1. The quantitative estimate of drug-likeness (QED) is 0.408. The molecule has 2 rings (SSSR count). The molecule has 38 heavy (non-hydrogen) atoms. The van der Waals surface area contributed by atoms with Crippen LogP contribution in [0.3, 0.4) is 0 Å². The van der Waals surface area contributed by atoms with Crippen molar-refractivity contribution in [1.29, 1.82) is 0 Å². The Balaban J connectivity index is 2.63. The fourth-order valence-corrected chi connectivity index (χ4v) is 4.10. The first-order chi connectivity index (χ1) is 17.8. The molecular weight excluding hydrogens is 478 g/mol. The molecule has 0 spiro atoms. The SMILES string of the molecule is C#Cc1ccccc1C(C(=O)Nc1ccccc1C)N(C(=O)C(NC(=O)OC(C)(C)C)C(C)C)C(C)CC. The maximum Gasteiger partial charge on any atom is 0.408 e. The summed E-state index contributed by atoms with van der Waals surface area (Å²) in [6, 6.07) is 12.2. The lowest BCUT2D eigenvalue weighted by Gasteiger charge is -2.39. The van der Waals surface area contributed by atoms with Crippen LogP contribution in [0.15, 0.2) is 48.5 Å². The van der Waals surface area contributed by atoms with Crippen LogP contribution in [0.1, 0.15) is 77.6 Å². The van der Waals surface area contributed by atoms with Gasteiger partial charge in [-0.25, -0.2) is 4.79 Å². The van der Waals surface area contributed by atoms with Crippen molar-refractivity contribution in [2.24, 2.45) is 5.92 Å². The highest BCUT2D eigenvalue weighted by Crippen LogP contribution is 2.31. The first-order valence-electron chi connectivity index (χ1n) is 13.0. The summed E-state index contributed by atoms with van der Waals surface area (Å²) < 4.78 is 5.43. The van der Waals surface area contributed by atoms with E-state index in [0.717, 1.165) is 5.56 Å². The zero-order chi connectivity index (χ0) is 28.6. The van der Waals surface area contributed by atoms with Gasteiger partial charge >= 0.3 is 6.09 Å². The smallest absolute Gasteiger partial charge is 0.408 e. The third kappa shape index (κ3) is 7.85. The van der Waals surface area contributed by atoms with E-state index in [1.54, 1.807) is 49.9 Å². The van der Waals surface area contributed by atoms with E-state index in [4.69, 9.17) is 11.2 Å². The maximum atomic E-state index is 14.2. The van der Waals surface area contributed by atoms with E-state index in [1.807, 2.05) is 58.9 Å². The molecule has 0 aliphatic carbocycles. The van der Waals surface area contributed by atoms with Crippen molar-refractivity contribution < 1.29 is 19.1 Å². The molecule has 7 nitrogen and oxygen atoms in total. The van der Waals surface area contributed by atoms with Crippen LogP contribution in [-0.2, 0) is 14.3 Å². The third-order valence-corrected chi connectivity index (χ3v) is 6.27. The van der Waals surface area contributed by atoms with Crippen LogP contribution in [0.5, 0.6) is 0 Å². The number of carbonyl (C=O) groups excluding carboxylic acids is 3. The number of alkyl carbamates (subject to hydrolysis) is 1. The fourth-order valence-electron chi connectivity index (χ4n) is 4.10. The van der Waals surface area contributed by atoms with Gasteiger partial charge in [-0.3, -0.25) is 9.59 Å². The van der Waals surface area contributed by atoms with Crippen molar-refractivity contribution in [2.75, 3.05) is 5.32 Å². The predicted octanol–water partition coefficient (Wildman–Crippen LogP) is 5.83. The van der Waals surface area contributed by atoms with Gasteiger partial charge in [0.25, 0.3) is 5.91 Å². The normalized spacial score (nSPS) is 13.6. The lowest BCUT2D eigenvalue weighted by molar-refractivity contribution is -0.144. The number of hydrogen-bond acceptors (Lipinski definition) is 4. The highest BCUT2D eigenvalue weighted by atomic mass is 16.6. The van der Waals surface area contributed by atoms with Crippen molar-refractivity contribution >= 4 is 23.6 Å². The number of para-hydroxylation sites is 1. The first-order valence-corrected chi connectivity index (χ1v) is 13.0. The van der Waals surface area contributed by atoms with Crippen LogP contribution >= 0.6 is 0 Å². The molecule has 0 heterocycles. The van der Waals surface area contributed by atoms with Gasteiger partial charge in [-0.1, -0.05) is 63.1 Å². The Bertz CT molecular complexity index is 1180. The monoisotopic (exact) mass is 519 g/mol. The zero-order valence-corrected chi connectivity index (χ0v) is 23.8. The van der Waals surface area contributed by atoms with Gasteiger partial charge in [-0.05, 0) is 70.2 Å². The highest BCUT2D eigenvalue weighted by Gasteiger charge is 2.40. The van der Waals surface area contributed by atoms with Crippen molar-refractivity contribution in [3.63, 3.8) is 0 Å². The molecule has 0 radical (unpaired) electrons. The standard InChI is InChI=1S/C31H41N3O4/c1-10-22(6)34(29(36)26(20(3)4)33-30(37)38-31(7,8)9)27(24-18-14-13-17-23(24)11-2)28(35)32-25-19-15-12-16-21(25)5/h2,12-20,22,26-27H,10H2,1,3-9H3,(H,32,35)(H,33,37). The first kappa shape index (κ1) is 30.4. The second-order valence-corrected chi connectivity index (χ2v) is 10.8. The molecular formula is C31H41N3O4. The van der Waals surface area contributed by atoms with E-state index in [9.17, 15) is 14.4 Å². The number of aryl methyl sites for hydroxylation is 1. The minimum absolute atomic E-state index is 0.274. The molecule has 204 valence electrons. The topological polar surface area (TPSA) is 87.7 Å². The Labute approximate surface area is 227 Å². The molecule has 2 aromatic rings. The Hall–Kier alpha value is -3.79. The van der Waals surface area contributed by atoms with Crippen molar-refractivity contribution in [1.82, 2.24) is 10.2 Å². The molecule has 0 bridgehead atoms. The minimum Gasteiger partial charge on any atom is -0.444 e. The van der Waals surface area contributed by atoms with Gasteiger partial charge in [0, 0.05) is 17.3 Å². The number of nitrogens with zero attached hydrogens (tertiary/aromatic N) is 1. The molecule has 0 aliphatic heterocycles. The van der Waals surface area contributed by atoms with Gasteiger partial charge in [-0.2, -0.15) is 0 Å². The summed E-state index contributed by atoms with van der Waals surface area (Å²) in [6.07, 6.45) is 5.71. The Morgan fingerprint density at radius 3 is 2.18 bits per heavy atom. The summed E-state index contributed by atoms with van der Waals surface area (Å²) in [5.74, 6) is 1.60. The predicted molar refractivity (Wildman–Crippen MR) is 152 cm³/mol. The van der Waals surface area contributed by atoms with Crippen LogP contribution in [0, 0.1) is 25.2 Å². The molecule has 7 heteroatoms. The van der Waals surface area contributed by atoms with Gasteiger partial charge < -0.3 is 20.3 Å².